The molecule has 26 heavy (non-hydrogen) atoms. The van der Waals surface area contributed by atoms with Crippen LogP contribution in [0.5, 0.6) is 0 Å². The normalized spacial score (nSPS) is 42.5. The average Bonchev–Trinajstić information content (AvgIpc) is 3.06. The Bertz CT molecular complexity index is 599. The van der Waals surface area contributed by atoms with Crippen molar-refractivity contribution in [2.24, 2.45) is 11.8 Å². The minimum Gasteiger partial charge on any atom is -0.478 e. The first-order valence-electron chi connectivity index (χ1n) is 8.62. The topological polar surface area (TPSA) is 146 Å². The van der Waals surface area contributed by atoms with Gasteiger partial charge in [-0.3, -0.25) is 0 Å². The van der Waals surface area contributed by atoms with Crippen molar-refractivity contribution < 1.29 is 44.5 Å². The lowest BCUT2D eigenvalue weighted by Crippen LogP contribution is -2.60. The van der Waals surface area contributed by atoms with Crippen LogP contribution in [0.2, 0.25) is 0 Å². The van der Waals surface area contributed by atoms with Crippen LogP contribution in [-0.4, -0.2) is 75.1 Å². The summed E-state index contributed by atoms with van der Waals surface area (Å²) < 4.78 is 16.5. The largest absolute Gasteiger partial charge is 0.478 e. The molecule has 0 saturated carbocycles. The van der Waals surface area contributed by atoms with Crippen molar-refractivity contribution in [3.63, 3.8) is 0 Å². The van der Waals surface area contributed by atoms with Gasteiger partial charge in [0, 0.05) is 5.92 Å². The van der Waals surface area contributed by atoms with E-state index in [0.29, 0.717) is 12.8 Å². The van der Waals surface area contributed by atoms with E-state index >= 15 is 0 Å². The van der Waals surface area contributed by atoms with Gasteiger partial charge in [-0.25, -0.2) is 4.79 Å². The number of aliphatic carboxylic acids is 1. The molecule has 9 nitrogen and oxygen atoms in total. The highest BCUT2D eigenvalue weighted by Crippen LogP contribution is 2.45. The fraction of sp³-hybridized carbons (Fsp3) is 0.706. The number of carboxylic acids is 1. The van der Waals surface area contributed by atoms with Gasteiger partial charge in [-0.05, 0) is 12.8 Å². The molecule has 2 aliphatic heterocycles. The SMILES string of the molecule is CCC1=CC[C@@H]2C(C(=O)O)=CO[C@@H](O[C@@H]3O[C@H](CO)[C@@H](O)[C@H](O)[C@H]3O)[C@H]12. The number of rotatable bonds is 5. The van der Waals surface area contributed by atoms with Crippen LogP contribution >= 0.6 is 0 Å². The van der Waals surface area contributed by atoms with Crippen molar-refractivity contribution in [1.82, 2.24) is 0 Å². The molecule has 0 aromatic carbocycles. The van der Waals surface area contributed by atoms with Crippen LogP contribution in [0.1, 0.15) is 19.8 Å². The minimum absolute atomic E-state index is 0.156. The van der Waals surface area contributed by atoms with Gasteiger partial charge >= 0.3 is 5.97 Å². The summed E-state index contributed by atoms with van der Waals surface area (Å²) in [4.78, 5) is 11.4. The van der Waals surface area contributed by atoms with Crippen LogP contribution in [0.4, 0.5) is 0 Å². The number of aliphatic hydroxyl groups excluding tert-OH is 4. The molecular formula is C17H24O9. The van der Waals surface area contributed by atoms with E-state index in [1.165, 1.54) is 0 Å². The van der Waals surface area contributed by atoms with Crippen molar-refractivity contribution in [3.8, 4) is 0 Å². The summed E-state index contributed by atoms with van der Waals surface area (Å²) in [5.74, 6) is -1.73. The molecule has 0 unspecified atom stereocenters. The van der Waals surface area contributed by atoms with E-state index < -0.39 is 49.6 Å². The Morgan fingerprint density at radius 3 is 2.58 bits per heavy atom. The number of hydrogen-bond acceptors (Lipinski definition) is 8. The molecule has 0 aromatic rings. The van der Waals surface area contributed by atoms with E-state index in [9.17, 15) is 30.3 Å². The van der Waals surface area contributed by atoms with Crippen LogP contribution in [0.3, 0.4) is 0 Å². The Morgan fingerprint density at radius 2 is 1.96 bits per heavy atom. The van der Waals surface area contributed by atoms with E-state index in [0.717, 1.165) is 11.8 Å². The van der Waals surface area contributed by atoms with Gasteiger partial charge in [0.2, 0.25) is 6.29 Å². The number of aliphatic hydroxyl groups is 4. The third-order valence-corrected chi connectivity index (χ3v) is 5.29. The minimum atomic E-state index is -1.56. The van der Waals surface area contributed by atoms with E-state index in [2.05, 4.69) is 0 Å². The standard InChI is InChI=1S/C17H24O9/c1-2-7-3-4-8-9(15(22)23)6-24-16(11(7)8)26-17-14(21)13(20)12(19)10(5-18)25-17/h3,6,8,10-14,16-21H,2,4-5H2,1H3,(H,22,23)/t8-,10-,11-,12-,13+,14-,16+,17+/m1/s1. The zero-order valence-corrected chi connectivity index (χ0v) is 14.3. The van der Waals surface area contributed by atoms with Gasteiger partial charge in [0.1, 0.15) is 24.4 Å². The lowest BCUT2D eigenvalue weighted by atomic mass is 9.83. The van der Waals surface area contributed by atoms with Gasteiger partial charge in [0.05, 0.1) is 24.4 Å². The number of ether oxygens (including phenoxy) is 3. The second-order valence-electron chi connectivity index (χ2n) is 6.72. The summed E-state index contributed by atoms with van der Waals surface area (Å²) in [5.41, 5.74) is 1.14. The van der Waals surface area contributed by atoms with Gasteiger partial charge in [-0.15, -0.1) is 0 Å². The Morgan fingerprint density at radius 1 is 1.23 bits per heavy atom. The molecule has 0 amide bonds. The van der Waals surface area contributed by atoms with Gasteiger partial charge in [-0.1, -0.05) is 18.6 Å². The van der Waals surface area contributed by atoms with Gasteiger partial charge in [0.25, 0.3) is 0 Å². The van der Waals surface area contributed by atoms with Crippen molar-refractivity contribution in [2.75, 3.05) is 6.61 Å². The Balaban J connectivity index is 1.80. The summed E-state index contributed by atoms with van der Waals surface area (Å²) in [7, 11) is 0. The number of carbonyl (C=O) groups is 1. The van der Waals surface area contributed by atoms with E-state index in [-0.39, 0.29) is 17.4 Å². The van der Waals surface area contributed by atoms with Gasteiger partial charge in [0.15, 0.2) is 6.29 Å². The number of fused-ring (bicyclic) bond motifs is 1. The zero-order valence-electron chi connectivity index (χ0n) is 14.3. The molecule has 5 N–H and O–H groups in total. The first kappa shape index (κ1) is 19.3. The fourth-order valence-corrected chi connectivity index (χ4v) is 3.83. The van der Waals surface area contributed by atoms with Crippen LogP contribution < -0.4 is 0 Å². The molecule has 1 fully saturated rings. The first-order chi connectivity index (χ1) is 12.4. The molecule has 0 spiro atoms. The number of hydrogen-bond donors (Lipinski definition) is 5. The second-order valence-corrected chi connectivity index (χ2v) is 6.72. The molecule has 9 heteroatoms. The quantitative estimate of drug-likeness (QED) is 0.387. The molecule has 0 radical (unpaired) electrons. The number of allylic oxidation sites excluding steroid dienone is 1. The highest BCUT2D eigenvalue weighted by Gasteiger charge is 2.49. The molecule has 2 heterocycles. The van der Waals surface area contributed by atoms with Crippen molar-refractivity contribution in [2.45, 2.75) is 56.8 Å². The van der Waals surface area contributed by atoms with E-state index in [1.54, 1.807) is 0 Å². The maximum absolute atomic E-state index is 11.4. The summed E-state index contributed by atoms with van der Waals surface area (Å²) in [6.07, 6.45) is -3.59. The first-order valence-corrected chi connectivity index (χ1v) is 8.62. The Labute approximate surface area is 150 Å². The lowest BCUT2D eigenvalue weighted by Gasteiger charge is -2.42. The highest BCUT2D eigenvalue weighted by atomic mass is 16.8. The second kappa shape index (κ2) is 7.63. The maximum Gasteiger partial charge on any atom is 0.335 e. The van der Waals surface area contributed by atoms with Crippen molar-refractivity contribution in [3.05, 3.63) is 23.5 Å². The monoisotopic (exact) mass is 372 g/mol. The molecule has 8 atom stereocenters. The molecule has 146 valence electrons. The summed E-state index contributed by atoms with van der Waals surface area (Å²) in [6.45, 7) is 1.38. The van der Waals surface area contributed by atoms with Crippen LogP contribution in [-0.2, 0) is 19.0 Å². The molecular weight excluding hydrogens is 348 g/mol. The van der Waals surface area contributed by atoms with Crippen LogP contribution in [0, 0.1) is 11.8 Å². The molecule has 1 aliphatic carbocycles. The predicted octanol–water partition coefficient (Wildman–Crippen LogP) is -0.900. The molecule has 1 saturated heterocycles. The maximum atomic E-state index is 11.4. The Kier molecular flexibility index (Phi) is 5.66. The summed E-state index contributed by atoms with van der Waals surface area (Å²) >= 11 is 0. The van der Waals surface area contributed by atoms with Crippen molar-refractivity contribution >= 4 is 5.97 Å². The van der Waals surface area contributed by atoms with E-state index in [4.69, 9.17) is 14.2 Å². The zero-order chi connectivity index (χ0) is 19.0. The lowest BCUT2D eigenvalue weighted by molar-refractivity contribution is -0.339. The number of carboxylic acid groups (broad SMARTS) is 1. The van der Waals surface area contributed by atoms with Crippen LogP contribution in [0.25, 0.3) is 0 Å². The molecule has 0 bridgehead atoms. The highest BCUT2D eigenvalue weighted by molar-refractivity contribution is 5.87. The smallest absolute Gasteiger partial charge is 0.335 e. The summed E-state index contributed by atoms with van der Waals surface area (Å²) in [6, 6.07) is 0. The molecule has 3 aliphatic rings. The summed E-state index contributed by atoms with van der Waals surface area (Å²) in [5, 5.41) is 48.5. The Hall–Kier alpha value is -1.49. The van der Waals surface area contributed by atoms with E-state index in [1.807, 2.05) is 13.0 Å². The third kappa shape index (κ3) is 3.26. The van der Waals surface area contributed by atoms with Gasteiger partial charge < -0.3 is 39.7 Å². The predicted molar refractivity (Wildman–Crippen MR) is 85.4 cm³/mol. The van der Waals surface area contributed by atoms with Crippen molar-refractivity contribution in [1.29, 1.82) is 0 Å². The molecule has 3 rings (SSSR count). The van der Waals surface area contributed by atoms with Gasteiger partial charge in [-0.2, -0.15) is 0 Å². The fourth-order valence-electron chi connectivity index (χ4n) is 3.83. The average molecular weight is 372 g/mol. The molecule has 0 aromatic heterocycles. The van der Waals surface area contributed by atoms with Crippen LogP contribution in [0.15, 0.2) is 23.5 Å². The third-order valence-electron chi connectivity index (χ3n) is 5.29.